The molecule has 0 amide bonds. The summed E-state index contributed by atoms with van der Waals surface area (Å²) < 4.78 is 1.04. The molecule has 1 nitrogen and oxygen atoms in total. The molecule has 0 aromatic heterocycles. The lowest BCUT2D eigenvalue weighted by molar-refractivity contribution is 1.09. The molecule has 0 fully saturated rings. The van der Waals surface area contributed by atoms with E-state index in [1.807, 2.05) is 20.2 Å². The summed E-state index contributed by atoms with van der Waals surface area (Å²) in [6.07, 6.45) is 0.965. The second-order valence-electron chi connectivity index (χ2n) is 3.14. The van der Waals surface area contributed by atoms with Gasteiger partial charge in [-0.3, -0.25) is 0 Å². The van der Waals surface area contributed by atoms with Gasteiger partial charge in [0, 0.05) is 23.6 Å². The highest BCUT2D eigenvalue weighted by molar-refractivity contribution is 9.10. The number of nitrogens with zero attached hydrogens (tertiary/aromatic N) is 1. The molecule has 0 bridgehead atoms. The molecule has 0 unspecified atom stereocenters. The number of anilines is 1. The third kappa shape index (κ3) is 2.38. The monoisotopic (exact) mass is 261 g/mol. The Morgan fingerprint density at radius 2 is 2.00 bits per heavy atom. The Labute approximate surface area is 92.8 Å². The highest BCUT2D eigenvalue weighted by atomic mass is 79.9. The largest absolute Gasteiger partial charge is 0.377 e. The maximum absolute atomic E-state index is 6.06. The number of aryl methyl sites for hydroxylation is 1. The van der Waals surface area contributed by atoms with E-state index in [2.05, 4.69) is 33.8 Å². The molecule has 13 heavy (non-hydrogen) atoms. The van der Waals surface area contributed by atoms with Crippen LogP contribution in [-0.4, -0.2) is 14.1 Å². The number of hydrogen-bond donors (Lipinski definition) is 0. The first kappa shape index (κ1) is 10.9. The van der Waals surface area contributed by atoms with Gasteiger partial charge < -0.3 is 4.90 Å². The third-order valence-corrected chi connectivity index (χ3v) is 2.97. The van der Waals surface area contributed by atoms with Gasteiger partial charge >= 0.3 is 0 Å². The van der Waals surface area contributed by atoms with Crippen LogP contribution in [0.25, 0.3) is 0 Å². The van der Waals surface area contributed by atoms with Crippen molar-refractivity contribution < 1.29 is 0 Å². The summed E-state index contributed by atoms with van der Waals surface area (Å²) in [5.74, 6) is 0. The number of halogens is 2. The van der Waals surface area contributed by atoms with Crippen LogP contribution >= 0.6 is 27.5 Å². The minimum atomic E-state index is 0.833. The van der Waals surface area contributed by atoms with Crippen LogP contribution in [0, 0.1) is 0 Å². The van der Waals surface area contributed by atoms with Gasteiger partial charge in [-0.15, -0.1) is 0 Å². The maximum Gasteiger partial charge on any atom is 0.0509 e. The third-order valence-electron chi connectivity index (χ3n) is 1.98. The maximum atomic E-state index is 6.06. The Morgan fingerprint density at radius 1 is 1.38 bits per heavy atom. The molecule has 1 rings (SSSR count). The summed E-state index contributed by atoms with van der Waals surface area (Å²) in [6.45, 7) is 2.11. The van der Waals surface area contributed by atoms with Gasteiger partial charge in [0.2, 0.25) is 0 Å². The molecule has 72 valence electrons. The summed E-state index contributed by atoms with van der Waals surface area (Å²) in [4.78, 5) is 2.07. The molecule has 0 N–H and O–H groups in total. The van der Waals surface area contributed by atoms with Crippen molar-refractivity contribution in [2.24, 2.45) is 0 Å². The molecular formula is C10H13BrClN. The Morgan fingerprint density at radius 3 is 2.46 bits per heavy atom. The Hall–Kier alpha value is -0.210. The molecule has 0 atom stereocenters. The fourth-order valence-corrected chi connectivity index (χ4v) is 2.32. The Kier molecular flexibility index (Phi) is 3.63. The van der Waals surface area contributed by atoms with Crippen LogP contribution in [-0.2, 0) is 6.42 Å². The minimum absolute atomic E-state index is 0.833. The molecule has 0 aliphatic carbocycles. The Bertz CT molecular complexity index is 310. The van der Waals surface area contributed by atoms with Crippen LogP contribution in [0.4, 0.5) is 5.69 Å². The van der Waals surface area contributed by atoms with Crippen molar-refractivity contribution in [1.82, 2.24) is 0 Å². The van der Waals surface area contributed by atoms with Gasteiger partial charge in [-0.1, -0.05) is 18.5 Å². The highest BCUT2D eigenvalue weighted by Crippen LogP contribution is 2.31. The molecule has 1 aromatic carbocycles. The van der Waals surface area contributed by atoms with Crippen molar-refractivity contribution >= 4 is 33.2 Å². The minimum Gasteiger partial charge on any atom is -0.377 e. The zero-order valence-corrected chi connectivity index (χ0v) is 10.4. The summed E-state index contributed by atoms with van der Waals surface area (Å²) >= 11 is 9.54. The van der Waals surface area contributed by atoms with E-state index in [9.17, 15) is 0 Å². The van der Waals surface area contributed by atoms with Crippen LogP contribution < -0.4 is 4.90 Å². The van der Waals surface area contributed by atoms with E-state index in [0.717, 1.165) is 15.9 Å². The van der Waals surface area contributed by atoms with Crippen molar-refractivity contribution in [1.29, 1.82) is 0 Å². The van der Waals surface area contributed by atoms with Crippen molar-refractivity contribution in [3.8, 4) is 0 Å². The zero-order chi connectivity index (χ0) is 10.0. The molecule has 0 aliphatic heterocycles. The van der Waals surface area contributed by atoms with E-state index in [-0.39, 0.29) is 0 Å². The van der Waals surface area contributed by atoms with Crippen LogP contribution in [0.1, 0.15) is 12.5 Å². The van der Waals surface area contributed by atoms with Gasteiger partial charge in [0.15, 0.2) is 0 Å². The first-order valence-corrected chi connectivity index (χ1v) is 5.38. The van der Waals surface area contributed by atoms with Crippen LogP contribution in [0.15, 0.2) is 16.6 Å². The van der Waals surface area contributed by atoms with E-state index < -0.39 is 0 Å². The van der Waals surface area contributed by atoms with E-state index in [1.54, 1.807) is 0 Å². The molecule has 3 heteroatoms. The van der Waals surface area contributed by atoms with Crippen LogP contribution in [0.2, 0.25) is 5.02 Å². The molecule has 0 saturated heterocycles. The molecule has 0 spiro atoms. The van der Waals surface area contributed by atoms with Crippen molar-refractivity contribution in [3.05, 3.63) is 27.2 Å². The summed E-state index contributed by atoms with van der Waals surface area (Å²) in [7, 11) is 4.04. The number of rotatable bonds is 2. The lowest BCUT2D eigenvalue weighted by Gasteiger charge is -2.16. The van der Waals surface area contributed by atoms with Gasteiger partial charge in [0.05, 0.1) is 5.69 Å². The van der Waals surface area contributed by atoms with E-state index in [4.69, 9.17) is 11.6 Å². The van der Waals surface area contributed by atoms with Crippen LogP contribution in [0.5, 0.6) is 0 Å². The number of benzene rings is 1. The van der Waals surface area contributed by atoms with Gasteiger partial charge in [0.25, 0.3) is 0 Å². The highest BCUT2D eigenvalue weighted by Gasteiger charge is 2.06. The molecule has 0 heterocycles. The lowest BCUT2D eigenvalue weighted by Crippen LogP contribution is -2.09. The molecular weight excluding hydrogens is 249 g/mol. The lowest BCUT2D eigenvalue weighted by atomic mass is 10.1. The van der Waals surface area contributed by atoms with Crippen LogP contribution in [0.3, 0.4) is 0 Å². The van der Waals surface area contributed by atoms with Crippen molar-refractivity contribution in [2.45, 2.75) is 13.3 Å². The van der Waals surface area contributed by atoms with Gasteiger partial charge in [-0.25, -0.2) is 0 Å². The quantitative estimate of drug-likeness (QED) is 0.785. The normalized spacial score (nSPS) is 10.2. The SMILES string of the molecule is CCc1cc(N(C)C)c(Br)cc1Cl. The van der Waals surface area contributed by atoms with E-state index >= 15 is 0 Å². The standard InChI is InChI=1S/C10H13BrClN/c1-4-7-5-10(13(2)3)8(11)6-9(7)12/h5-6H,4H2,1-3H3. The zero-order valence-electron chi connectivity index (χ0n) is 8.06. The summed E-state index contributed by atoms with van der Waals surface area (Å²) in [6, 6.07) is 4.07. The average molecular weight is 263 g/mol. The first-order chi connectivity index (χ1) is 6.06. The summed E-state index contributed by atoms with van der Waals surface area (Å²) in [5, 5.41) is 0.833. The fourth-order valence-electron chi connectivity index (χ4n) is 1.19. The second-order valence-corrected chi connectivity index (χ2v) is 4.40. The predicted molar refractivity (Wildman–Crippen MR) is 62.9 cm³/mol. The fraction of sp³-hybridized carbons (Fsp3) is 0.400. The average Bonchev–Trinajstić information content (AvgIpc) is 2.03. The smallest absolute Gasteiger partial charge is 0.0509 e. The van der Waals surface area contributed by atoms with E-state index in [1.165, 1.54) is 11.3 Å². The van der Waals surface area contributed by atoms with Gasteiger partial charge in [-0.2, -0.15) is 0 Å². The van der Waals surface area contributed by atoms with Crippen molar-refractivity contribution in [2.75, 3.05) is 19.0 Å². The topological polar surface area (TPSA) is 3.24 Å². The molecule has 1 aromatic rings. The molecule has 0 aliphatic rings. The number of hydrogen-bond acceptors (Lipinski definition) is 1. The van der Waals surface area contributed by atoms with Crippen molar-refractivity contribution in [3.63, 3.8) is 0 Å². The van der Waals surface area contributed by atoms with E-state index in [0.29, 0.717) is 0 Å². The van der Waals surface area contributed by atoms with Gasteiger partial charge in [-0.05, 0) is 40.0 Å². The molecule has 0 saturated carbocycles. The van der Waals surface area contributed by atoms with Gasteiger partial charge in [0.1, 0.15) is 0 Å². The first-order valence-electron chi connectivity index (χ1n) is 4.21. The second kappa shape index (κ2) is 4.34. The predicted octanol–water partition coefficient (Wildman–Crippen LogP) is 3.73. The Balaban J connectivity index is 3.22. The summed E-state index contributed by atoms with van der Waals surface area (Å²) in [5.41, 5.74) is 2.36. The molecule has 0 radical (unpaired) electrons.